The molecule has 10 heavy (non-hydrogen) atoms. The summed E-state index contributed by atoms with van der Waals surface area (Å²) in [4.78, 5) is 0. The normalized spacial score (nSPS) is 26.7. The van der Waals surface area contributed by atoms with E-state index >= 15 is 0 Å². The quantitative estimate of drug-likeness (QED) is 0.547. The summed E-state index contributed by atoms with van der Waals surface area (Å²) in [6.07, 6.45) is 5.71. The van der Waals surface area contributed by atoms with Gasteiger partial charge in [0.15, 0.2) is 0 Å². The smallest absolute Gasteiger partial charge is 0.0571 e. The zero-order valence-electron chi connectivity index (χ0n) is 7.31. The van der Waals surface area contributed by atoms with Gasteiger partial charge < -0.3 is 4.74 Å². The van der Waals surface area contributed by atoms with Crippen molar-refractivity contribution >= 4 is 0 Å². The molecule has 0 aliphatic heterocycles. The van der Waals surface area contributed by atoms with E-state index in [0.717, 1.165) is 0 Å². The van der Waals surface area contributed by atoms with Crippen LogP contribution in [0.2, 0.25) is 0 Å². The first-order chi connectivity index (χ1) is 4.64. The summed E-state index contributed by atoms with van der Waals surface area (Å²) < 4.78 is 5.28. The molecule has 0 radical (unpaired) electrons. The second kappa shape index (κ2) is 2.91. The highest BCUT2D eigenvalue weighted by Gasteiger charge is 2.26. The minimum Gasteiger partial charge on any atom is -0.381 e. The fourth-order valence-corrected chi connectivity index (χ4v) is 1.61. The minimum atomic E-state index is 0.549. The van der Waals surface area contributed by atoms with Crippen molar-refractivity contribution in [2.45, 2.75) is 45.6 Å². The summed E-state index contributed by atoms with van der Waals surface area (Å²) in [7, 11) is 1.82. The number of ether oxygens (including phenoxy) is 1. The lowest BCUT2D eigenvalue weighted by molar-refractivity contribution is 0.0380. The number of hydrogen-bond donors (Lipinski definition) is 0. The molecule has 0 heterocycles. The molecule has 0 aromatic carbocycles. The molecule has 0 aromatic rings. The van der Waals surface area contributed by atoms with Crippen LogP contribution in [0.1, 0.15) is 39.5 Å². The Morgan fingerprint density at radius 3 is 2.10 bits per heavy atom. The predicted molar refractivity (Wildman–Crippen MR) is 43.0 cm³/mol. The number of rotatable bonds is 1. The average Bonchev–Trinajstić information content (AvgIpc) is 1.88. The molecule has 1 fully saturated rings. The van der Waals surface area contributed by atoms with Crippen LogP contribution in [-0.2, 0) is 4.74 Å². The van der Waals surface area contributed by atoms with Crippen molar-refractivity contribution in [3.8, 4) is 0 Å². The van der Waals surface area contributed by atoms with Gasteiger partial charge in [-0.3, -0.25) is 0 Å². The van der Waals surface area contributed by atoms with Crippen molar-refractivity contribution in [3.05, 3.63) is 0 Å². The van der Waals surface area contributed by atoms with E-state index in [1.54, 1.807) is 0 Å². The lowest BCUT2D eigenvalue weighted by Gasteiger charge is -2.33. The second-order valence-electron chi connectivity index (χ2n) is 4.10. The number of hydrogen-bond acceptors (Lipinski definition) is 1. The van der Waals surface area contributed by atoms with Crippen molar-refractivity contribution in [1.29, 1.82) is 0 Å². The largest absolute Gasteiger partial charge is 0.381 e. The third kappa shape index (κ3) is 1.98. The van der Waals surface area contributed by atoms with Gasteiger partial charge in [-0.25, -0.2) is 0 Å². The highest BCUT2D eigenvalue weighted by atomic mass is 16.5. The van der Waals surface area contributed by atoms with Crippen LogP contribution in [0.5, 0.6) is 0 Å². The Bertz CT molecular complexity index is 97.3. The molecule has 1 nitrogen and oxygen atoms in total. The molecule has 1 rings (SSSR count). The lowest BCUT2D eigenvalue weighted by atomic mass is 9.76. The molecule has 0 unspecified atom stereocenters. The monoisotopic (exact) mass is 142 g/mol. The van der Waals surface area contributed by atoms with Crippen LogP contribution < -0.4 is 0 Å². The summed E-state index contributed by atoms with van der Waals surface area (Å²) in [5.74, 6) is 0. The van der Waals surface area contributed by atoms with Crippen LogP contribution >= 0.6 is 0 Å². The van der Waals surface area contributed by atoms with Crippen LogP contribution in [0.3, 0.4) is 0 Å². The molecule has 0 N–H and O–H groups in total. The van der Waals surface area contributed by atoms with Crippen LogP contribution in [0.25, 0.3) is 0 Å². The average molecular weight is 142 g/mol. The Balaban J connectivity index is 2.31. The first-order valence-electron chi connectivity index (χ1n) is 4.17. The highest BCUT2D eigenvalue weighted by Crippen LogP contribution is 2.35. The number of methoxy groups -OCH3 is 1. The van der Waals surface area contributed by atoms with Crippen molar-refractivity contribution < 1.29 is 4.74 Å². The van der Waals surface area contributed by atoms with Gasteiger partial charge in [0.2, 0.25) is 0 Å². The van der Waals surface area contributed by atoms with E-state index in [1.807, 2.05) is 7.11 Å². The Morgan fingerprint density at radius 2 is 1.70 bits per heavy atom. The van der Waals surface area contributed by atoms with E-state index in [9.17, 15) is 0 Å². The summed E-state index contributed by atoms with van der Waals surface area (Å²) in [6.45, 7) is 4.69. The summed E-state index contributed by atoms with van der Waals surface area (Å²) in [5, 5.41) is 0. The first kappa shape index (κ1) is 8.06. The summed E-state index contributed by atoms with van der Waals surface area (Å²) >= 11 is 0. The molecule has 1 aliphatic carbocycles. The van der Waals surface area contributed by atoms with E-state index in [0.29, 0.717) is 11.5 Å². The van der Waals surface area contributed by atoms with E-state index in [1.165, 1.54) is 25.7 Å². The fraction of sp³-hybridized carbons (Fsp3) is 1.00. The Kier molecular flexibility index (Phi) is 2.35. The van der Waals surface area contributed by atoms with E-state index in [-0.39, 0.29) is 0 Å². The van der Waals surface area contributed by atoms with Gasteiger partial charge in [-0.1, -0.05) is 13.8 Å². The predicted octanol–water partition coefficient (Wildman–Crippen LogP) is 2.60. The van der Waals surface area contributed by atoms with Gasteiger partial charge in [-0.05, 0) is 31.1 Å². The van der Waals surface area contributed by atoms with Crippen molar-refractivity contribution in [1.82, 2.24) is 0 Å². The van der Waals surface area contributed by atoms with Crippen molar-refractivity contribution in [2.24, 2.45) is 5.41 Å². The van der Waals surface area contributed by atoms with Crippen LogP contribution in [0.15, 0.2) is 0 Å². The van der Waals surface area contributed by atoms with Gasteiger partial charge >= 0.3 is 0 Å². The van der Waals surface area contributed by atoms with Crippen LogP contribution in [0.4, 0.5) is 0 Å². The standard InChI is InChI=1S/C9H18O/c1-9(2)6-4-8(10-3)5-7-9/h8H,4-7H2,1-3H3. The van der Waals surface area contributed by atoms with E-state index in [2.05, 4.69) is 13.8 Å². The third-order valence-corrected chi connectivity index (χ3v) is 2.62. The maximum atomic E-state index is 5.28. The van der Waals surface area contributed by atoms with E-state index < -0.39 is 0 Å². The summed E-state index contributed by atoms with van der Waals surface area (Å²) in [5.41, 5.74) is 0.578. The molecule has 0 aromatic heterocycles. The minimum absolute atomic E-state index is 0.549. The van der Waals surface area contributed by atoms with Gasteiger partial charge in [-0.15, -0.1) is 0 Å². The second-order valence-corrected chi connectivity index (χ2v) is 4.10. The molecule has 0 bridgehead atoms. The molecule has 1 heteroatoms. The maximum Gasteiger partial charge on any atom is 0.0571 e. The third-order valence-electron chi connectivity index (χ3n) is 2.62. The Labute approximate surface area is 63.8 Å². The van der Waals surface area contributed by atoms with Crippen LogP contribution in [0, 0.1) is 5.41 Å². The Hall–Kier alpha value is -0.0400. The van der Waals surface area contributed by atoms with Crippen molar-refractivity contribution in [2.75, 3.05) is 7.11 Å². The fourth-order valence-electron chi connectivity index (χ4n) is 1.61. The zero-order valence-corrected chi connectivity index (χ0v) is 7.31. The molecule has 1 aliphatic rings. The molecule has 0 spiro atoms. The SMILES string of the molecule is COC1CCC(C)(C)CC1. The van der Waals surface area contributed by atoms with Crippen molar-refractivity contribution in [3.63, 3.8) is 0 Å². The molecule has 60 valence electrons. The van der Waals surface area contributed by atoms with Gasteiger partial charge in [0.25, 0.3) is 0 Å². The van der Waals surface area contributed by atoms with E-state index in [4.69, 9.17) is 4.74 Å². The summed E-state index contributed by atoms with van der Waals surface area (Å²) in [6, 6.07) is 0. The topological polar surface area (TPSA) is 9.23 Å². The van der Waals surface area contributed by atoms with Gasteiger partial charge in [0, 0.05) is 7.11 Å². The molecule has 0 saturated heterocycles. The Morgan fingerprint density at radius 1 is 1.20 bits per heavy atom. The maximum absolute atomic E-state index is 5.28. The molecular formula is C9H18O. The zero-order chi connectivity index (χ0) is 7.61. The molecule has 0 atom stereocenters. The van der Waals surface area contributed by atoms with Gasteiger partial charge in [0.05, 0.1) is 6.10 Å². The van der Waals surface area contributed by atoms with Gasteiger partial charge in [0.1, 0.15) is 0 Å². The molecule has 0 amide bonds. The molecule has 1 saturated carbocycles. The first-order valence-corrected chi connectivity index (χ1v) is 4.17. The lowest BCUT2D eigenvalue weighted by Crippen LogP contribution is -2.25. The highest BCUT2D eigenvalue weighted by molar-refractivity contribution is 4.78. The van der Waals surface area contributed by atoms with Crippen LogP contribution in [-0.4, -0.2) is 13.2 Å². The van der Waals surface area contributed by atoms with Gasteiger partial charge in [-0.2, -0.15) is 0 Å². The molecular weight excluding hydrogens is 124 g/mol.